The monoisotopic (exact) mass is 374 g/mol. The summed E-state index contributed by atoms with van der Waals surface area (Å²) in [4.78, 5) is 0. The molecule has 1 N–H and O–H groups in total. The van der Waals surface area contributed by atoms with Gasteiger partial charge in [0.1, 0.15) is 11.5 Å². The maximum absolute atomic E-state index is 11.5. The lowest BCUT2D eigenvalue weighted by Gasteiger charge is -2.23. The highest BCUT2D eigenvalue weighted by atomic mass is 32.2. The molecular weight excluding hydrogens is 350 g/mol. The molecule has 5 nitrogen and oxygen atoms in total. The van der Waals surface area contributed by atoms with E-state index in [0.29, 0.717) is 18.4 Å². The number of ether oxygens (including phenoxy) is 1. The largest absolute Gasteiger partial charge is 0.493 e. The first kappa shape index (κ1) is 18.7. The minimum atomic E-state index is -3.61. The van der Waals surface area contributed by atoms with Crippen molar-refractivity contribution in [2.24, 2.45) is 0 Å². The van der Waals surface area contributed by atoms with Crippen molar-refractivity contribution < 1.29 is 17.3 Å². The number of hydrogen-bond acceptors (Lipinski definition) is 5. The van der Waals surface area contributed by atoms with Gasteiger partial charge in [0.15, 0.2) is 0 Å². The fraction of sp³-hybridized carbons (Fsp3) is 0.400. The van der Waals surface area contributed by atoms with Gasteiger partial charge in [-0.2, -0.15) is 8.42 Å². The molecular formula is C20H24NO4S. The first-order chi connectivity index (χ1) is 12.5. The third-order valence-electron chi connectivity index (χ3n) is 4.29. The molecule has 139 valence electrons. The first-order valence-corrected chi connectivity index (χ1v) is 10.7. The summed E-state index contributed by atoms with van der Waals surface area (Å²) in [5.74, 6) is 0.719. The van der Waals surface area contributed by atoms with Gasteiger partial charge in [0.2, 0.25) is 0 Å². The van der Waals surface area contributed by atoms with Gasteiger partial charge >= 0.3 is 10.1 Å². The Kier molecular flexibility index (Phi) is 6.16. The van der Waals surface area contributed by atoms with E-state index < -0.39 is 10.1 Å². The highest BCUT2D eigenvalue weighted by Gasteiger charge is 2.14. The maximum atomic E-state index is 11.5. The molecule has 1 aliphatic rings. The van der Waals surface area contributed by atoms with Gasteiger partial charge in [-0.15, -0.1) is 0 Å². The molecule has 0 saturated carbocycles. The van der Waals surface area contributed by atoms with Crippen LogP contribution in [0, 0.1) is 6.07 Å². The number of rotatable bonds is 7. The third kappa shape index (κ3) is 5.75. The van der Waals surface area contributed by atoms with E-state index in [9.17, 15) is 8.42 Å². The molecule has 0 amide bonds. The van der Waals surface area contributed by atoms with Crippen LogP contribution in [0.2, 0.25) is 0 Å². The minimum absolute atomic E-state index is 0.232. The smallest absolute Gasteiger partial charge is 0.306 e. The van der Waals surface area contributed by atoms with Gasteiger partial charge in [-0.05, 0) is 43.0 Å². The number of benzene rings is 2. The van der Waals surface area contributed by atoms with E-state index in [2.05, 4.69) is 11.4 Å². The van der Waals surface area contributed by atoms with Crippen molar-refractivity contribution in [3.05, 3.63) is 48.5 Å². The summed E-state index contributed by atoms with van der Waals surface area (Å²) in [6, 6.07) is 16.6. The number of hydrogen-bond donors (Lipinski definition) is 1. The quantitative estimate of drug-likeness (QED) is 0.753. The van der Waals surface area contributed by atoms with Crippen LogP contribution in [0.15, 0.2) is 42.5 Å². The molecule has 1 aliphatic heterocycles. The van der Waals surface area contributed by atoms with E-state index >= 15 is 0 Å². The Labute approximate surface area is 155 Å². The van der Waals surface area contributed by atoms with Crippen LogP contribution in [0.4, 0.5) is 0 Å². The van der Waals surface area contributed by atoms with Gasteiger partial charge in [-0.3, -0.25) is 0 Å². The predicted octanol–water partition coefficient (Wildman–Crippen LogP) is 3.40. The second-order valence-electron chi connectivity index (χ2n) is 6.53. The molecule has 6 heteroatoms. The van der Waals surface area contributed by atoms with Crippen LogP contribution in [0.1, 0.15) is 25.7 Å². The van der Waals surface area contributed by atoms with Crippen LogP contribution >= 0.6 is 0 Å². The highest BCUT2D eigenvalue weighted by Crippen LogP contribution is 2.30. The lowest BCUT2D eigenvalue weighted by atomic mass is 10.0. The van der Waals surface area contributed by atoms with E-state index in [4.69, 9.17) is 8.92 Å². The van der Waals surface area contributed by atoms with E-state index in [-0.39, 0.29) is 5.75 Å². The van der Waals surface area contributed by atoms with Gasteiger partial charge < -0.3 is 14.2 Å². The van der Waals surface area contributed by atoms with E-state index in [0.717, 1.165) is 30.3 Å². The molecule has 1 heterocycles. The van der Waals surface area contributed by atoms with Crippen LogP contribution < -0.4 is 14.2 Å². The number of piperidine rings is 1. The summed E-state index contributed by atoms with van der Waals surface area (Å²) in [6.07, 6.45) is 5.59. The Balaban J connectivity index is 1.75. The van der Waals surface area contributed by atoms with Crippen molar-refractivity contribution in [1.82, 2.24) is 5.32 Å². The van der Waals surface area contributed by atoms with Crippen LogP contribution in [-0.4, -0.2) is 33.9 Å². The summed E-state index contributed by atoms with van der Waals surface area (Å²) in [6.45, 7) is 1.61. The SMILES string of the molecule is CS(=O)(=O)Oc1cc(OCCC2CCCCN2)[c]c(-c2ccccc2)c1. The van der Waals surface area contributed by atoms with E-state index in [1.807, 2.05) is 30.3 Å². The summed E-state index contributed by atoms with van der Waals surface area (Å²) in [5.41, 5.74) is 1.66. The second-order valence-corrected chi connectivity index (χ2v) is 8.11. The Bertz CT molecular complexity index is 815. The van der Waals surface area contributed by atoms with E-state index in [1.54, 1.807) is 12.1 Å². The van der Waals surface area contributed by atoms with Crippen molar-refractivity contribution in [1.29, 1.82) is 0 Å². The third-order valence-corrected chi connectivity index (χ3v) is 4.78. The zero-order chi connectivity index (χ0) is 18.4. The van der Waals surface area contributed by atoms with Crippen LogP contribution in [0.5, 0.6) is 11.5 Å². The van der Waals surface area contributed by atoms with Crippen LogP contribution in [-0.2, 0) is 10.1 Å². The van der Waals surface area contributed by atoms with Gasteiger partial charge in [-0.25, -0.2) is 0 Å². The lowest BCUT2D eigenvalue weighted by Crippen LogP contribution is -2.35. The molecule has 2 aromatic carbocycles. The van der Waals surface area contributed by atoms with Gasteiger partial charge in [0.25, 0.3) is 0 Å². The molecule has 1 unspecified atom stereocenters. The summed E-state index contributed by atoms with van der Waals surface area (Å²) in [7, 11) is -3.61. The van der Waals surface area contributed by atoms with Crippen molar-refractivity contribution in [2.75, 3.05) is 19.4 Å². The molecule has 0 aliphatic carbocycles. The topological polar surface area (TPSA) is 64.6 Å². The molecule has 26 heavy (non-hydrogen) atoms. The minimum Gasteiger partial charge on any atom is -0.493 e. The van der Waals surface area contributed by atoms with Crippen molar-refractivity contribution in [3.63, 3.8) is 0 Å². The zero-order valence-corrected chi connectivity index (χ0v) is 15.7. The molecule has 1 fully saturated rings. The average molecular weight is 374 g/mol. The summed E-state index contributed by atoms with van der Waals surface area (Å²) >= 11 is 0. The van der Waals surface area contributed by atoms with Crippen molar-refractivity contribution in [2.45, 2.75) is 31.7 Å². The molecule has 0 aromatic heterocycles. The Morgan fingerprint density at radius 3 is 2.69 bits per heavy atom. The zero-order valence-electron chi connectivity index (χ0n) is 14.9. The average Bonchev–Trinajstić information content (AvgIpc) is 2.62. The molecule has 1 radical (unpaired) electrons. The molecule has 0 spiro atoms. The molecule has 3 rings (SSSR count). The molecule has 2 aromatic rings. The molecule has 1 saturated heterocycles. The number of nitrogens with one attached hydrogen (secondary N) is 1. The lowest BCUT2D eigenvalue weighted by molar-refractivity contribution is 0.267. The maximum Gasteiger partial charge on any atom is 0.306 e. The fourth-order valence-electron chi connectivity index (χ4n) is 3.07. The van der Waals surface area contributed by atoms with Gasteiger partial charge in [0.05, 0.1) is 12.9 Å². The first-order valence-electron chi connectivity index (χ1n) is 8.88. The fourth-order valence-corrected chi connectivity index (χ4v) is 3.52. The highest BCUT2D eigenvalue weighted by molar-refractivity contribution is 7.86. The van der Waals surface area contributed by atoms with Crippen LogP contribution in [0.3, 0.4) is 0 Å². The molecule has 0 bridgehead atoms. The Hall–Kier alpha value is -2.05. The van der Waals surface area contributed by atoms with Crippen molar-refractivity contribution >= 4 is 10.1 Å². The summed E-state index contributed by atoms with van der Waals surface area (Å²) in [5, 5.41) is 3.49. The Morgan fingerprint density at radius 1 is 1.19 bits per heavy atom. The predicted molar refractivity (Wildman–Crippen MR) is 102 cm³/mol. The standard InChI is InChI=1S/C20H24NO4S/c1-26(22,23)25-20-14-17(16-7-3-2-4-8-16)13-19(15-20)24-12-10-18-9-5-6-11-21-18/h2-4,7-8,14-15,18,21H,5-6,9-12H2,1H3. The van der Waals surface area contributed by atoms with E-state index in [1.165, 1.54) is 19.3 Å². The van der Waals surface area contributed by atoms with Gasteiger partial charge in [0, 0.05) is 18.2 Å². The van der Waals surface area contributed by atoms with Crippen molar-refractivity contribution in [3.8, 4) is 22.6 Å². The summed E-state index contributed by atoms with van der Waals surface area (Å²) < 4.78 is 33.9. The van der Waals surface area contributed by atoms with Gasteiger partial charge in [-0.1, -0.05) is 36.8 Å². The second kappa shape index (κ2) is 8.56. The normalized spacial score (nSPS) is 17.7. The van der Waals surface area contributed by atoms with Crippen LogP contribution in [0.25, 0.3) is 11.1 Å². The Morgan fingerprint density at radius 2 is 2.00 bits per heavy atom. The molecule has 1 atom stereocenters.